The number of fused-ring (bicyclic) bond motifs is 2. The van der Waals surface area contributed by atoms with Gasteiger partial charge in [0.05, 0.1) is 33.1 Å². The number of ketones is 2. The van der Waals surface area contributed by atoms with Crippen LogP contribution in [0.2, 0.25) is 0 Å². The minimum atomic E-state index is -5.07. The maximum absolute atomic E-state index is 13.4. The van der Waals surface area contributed by atoms with E-state index in [1.54, 1.807) is 0 Å². The molecule has 3 aromatic carbocycles. The van der Waals surface area contributed by atoms with Crippen LogP contribution in [-0.4, -0.2) is 50.5 Å². The van der Waals surface area contributed by atoms with E-state index in [4.69, 9.17) is 11.5 Å². The van der Waals surface area contributed by atoms with Crippen molar-refractivity contribution in [2.24, 2.45) is 0 Å². The Morgan fingerprint density at radius 2 is 1.24 bits per heavy atom. The zero-order valence-electron chi connectivity index (χ0n) is 18.0. The first-order valence-electron chi connectivity index (χ1n) is 9.70. The highest BCUT2D eigenvalue weighted by atomic mass is 32.2. The Balaban J connectivity index is 1.99. The first-order valence-corrected chi connectivity index (χ1v) is 14.0. The Bertz CT molecular complexity index is 1880. The summed E-state index contributed by atoms with van der Waals surface area (Å²) in [5.74, 6) is -1.98. The Morgan fingerprint density at radius 3 is 1.78 bits per heavy atom. The highest BCUT2D eigenvalue weighted by molar-refractivity contribution is 7.86. The van der Waals surface area contributed by atoms with Gasteiger partial charge in [-0.25, -0.2) is 0 Å². The molecule has 0 radical (unpaired) electrons. The van der Waals surface area contributed by atoms with Crippen molar-refractivity contribution in [3.05, 3.63) is 64.7 Å². The molecule has 0 fully saturated rings. The number of rotatable bonds is 5. The molecule has 0 aliphatic heterocycles. The third kappa shape index (κ3) is 4.54. The van der Waals surface area contributed by atoms with Crippen LogP contribution >= 0.6 is 0 Å². The maximum atomic E-state index is 13.4. The fourth-order valence-corrected chi connectivity index (χ4v) is 5.56. The SMILES string of the molecule is Nc1cc(Nc2cc(S(=O)(=O)O)c(N)c3c2C(=O)c2ccc(S(=O)(=O)O)cc2C3=O)ccc1S(=O)(=O)O. The van der Waals surface area contributed by atoms with Crippen LogP contribution in [0.15, 0.2) is 57.2 Å². The minimum absolute atomic E-state index is 0.0223. The highest BCUT2D eigenvalue weighted by Crippen LogP contribution is 2.40. The van der Waals surface area contributed by atoms with E-state index in [1.165, 1.54) is 0 Å². The average Bonchev–Trinajstić information content (AvgIpc) is 2.75. The molecular formula is C20H15N3O11S3. The Kier molecular flexibility index (Phi) is 5.90. The van der Waals surface area contributed by atoms with Crippen LogP contribution < -0.4 is 16.8 Å². The van der Waals surface area contributed by atoms with E-state index in [2.05, 4.69) is 5.32 Å². The lowest BCUT2D eigenvalue weighted by Crippen LogP contribution is -2.25. The fourth-order valence-electron chi connectivity index (χ4n) is 3.81. The van der Waals surface area contributed by atoms with Crippen molar-refractivity contribution >= 4 is 64.7 Å². The largest absolute Gasteiger partial charge is 0.398 e. The van der Waals surface area contributed by atoms with Gasteiger partial charge in [-0.15, -0.1) is 0 Å². The molecule has 1 aliphatic carbocycles. The van der Waals surface area contributed by atoms with Crippen LogP contribution in [0.25, 0.3) is 0 Å². The normalized spacial score (nSPS) is 13.7. The molecule has 194 valence electrons. The molecule has 8 N–H and O–H groups in total. The quantitative estimate of drug-likeness (QED) is 0.145. The number of nitrogen functional groups attached to an aromatic ring is 2. The lowest BCUT2D eigenvalue weighted by molar-refractivity contribution is 0.0980. The first kappa shape index (κ1) is 26.2. The lowest BCUT2D eigenvalue weighted by Gasteiger charge is -2.24. The van der Waals surface area contributed by atoms with Gasteiger partial charge in [-0.3, -0.25) is 23.2 Å². The third-order valence-corrected chi connectivity index (χ3v) is 8.08. The van der Waals surface area contributed by atoms with Gasteiger partial charge < -0.3 is 16.8 Å². The van der Waals surface area contributed by atoms with Crippen LogP contribution in [0.4, 0.5) is 22.7 Å². The van der Waals surface area contributed by atoms with E-state index in [-0.39, 0.29) is 16.9 Å². The molecule has 4 rings (SSSR count). The molecule has 0 aromatic heterocycles. The molecule has 1 aliphatic rings. The van der Waals surface area contributed by atoms with Crippen LogP contribution in [0.3, 0.4) is 0 Å². The topological polar surface area (TPSA) is 261 Å². The molecule has 37 heavy (non-hydrogen) atoms. The van der Waals surface area contributed by atoms with Crippen LogP contribution in [0.1, 0.15) is 31.8 Å². The Hall–Kier alpha value is -3.87. The summed E-state index contributed by atoms with van der Waals surface area (Å²) in [5.41, 5.74) is 7.99. The predicted octanol–water partition coefficient (Wildman–Crippen LogP) is 1.11. The third-order valence-electron chi connectivity index (χ3n) is 5.41. The van der Waals surface area contributed by atoms with Crippen molar-refractivity contribution in [3.8, 4) is 0 Å². The molecule has 0 amide bonds. The number of nitrogens with one attached hydrogen (secondary N) is 1. The molecule has 14 nitrogen and oxygen atoms in total. The van der Waals surface area contributed by atoms with Gasteiger partial charge in [-0.1, -0.05) is 0 Å². The number of anilines is 4. The molecule has 0 saturated carbocycles. The molecule has 17 heteroatoms. The van der Waals surface area contributed by atoms with E-state index < -0.39 is 84.7 Å². The van der Waals surface area contributed by atoms with Gasteiger partial charge in [0.2, 0.25) is 0 Å². The summed E-state index contributed by atoms with van der Waals surface area (Å²) in [6.45, 7) is 0. The summed E-state index contributed by atoms with van der Waals surface area (Å²) in [5, 5.41) is 2.61. The second-order valence-electron chi connectivity index (χ2n) is 7.75. The zero-order chi connectivity index (χ0) is 27.7. The van der Waals surface area contributed by atoms with Crippen molar-refractivity contribution < 1.29 is 48.5 Å². The summed E-state index contributed by atoms with van der Waals surface area (Å²) in [6, 6.07) is 6.38. The van der Waals surface area contributed by atoms with Crippen LogP contribution in [-0.2, 0) is 30.4 Å². The summed E-state index contributed by atoms with van der Waals surface area (Å²) in [7, 11) is -14.5. The first-order chi connectivity index (χ1) is 16.9. The van der Waals surface area contributed by atoms with E-state index in [9.17, 15) is 48.5 Å². The zero-order valence-corrected chi connectivity index (χ0v) is 20.5. The second kappa shape index (κ2) is 8.33. The fraction of sp³-hybridized carbons (Fsp3) is 0. The Morgan fingerprint density at radius 1 is 0.649 bits per heavy atom. The van der Waals surface area contributed by atoms with Gasteiger partial charge in [0.25, 0.3) is 30.4 Å². The van der Waals surface area contributed by atoms with Gasteiger partial charge in [-0.2, -0.15) is 25.3 Å². The molecule has 0 spiro atoms. The van der Waals surface area contributed by atoms with Gasteiger partial charge >= 0.3 is 0 Å². The Labute approximate surface area is 209 Å². The van der Waals surface area contributed by atoms with Gasteiger partial charge in [0, 0.05) is 16.8 Å². The lowest BCUT2D eigenvalue weighted by atomic mass is 9.82. The number of carbonyl (C=O) groups excluding carboxylic acids is 2. The highest BCUT2D eigenvalue weighted by Gasteiger charge is 2.37. The van der Waals surface area contributed by atoms with Crippen molar-refractivity contribution in [2.45, 2.75) is 14.7 Å². The van der Waals surface area contributed by atoms with Gasteiger partial charge in [0.1, 0.15) is 9.79 Å². The van der Waals surface area contributed by atoms with Crippen molar-refractivity contribution in [1.82, 2.24) is 0 Å². The molecule has 0 saturated heterocycles. The standard InChI is InChI=1S/C20H15N3O11S3/c21-12-5-8(1-4-14(12)36(29,30)31)23-13-7-15(37(32,33)34)18(22)17-16(13)19(24)10-3-2-9(35(26,27)28)6-11(10)20(17)25/h1-7,23H,21-22H2,(H,26,27,28)(H,29,30,31)(H,32,33,34). The molecular weight excluding hydrogens is 554 g/mol. The summed E-state index contributed by atoms with van der Waals surface area (Å²) >= 11 is 0. The number of nitrogens with two attached hydrogens (primary N) is 2. The van der Waals surface area contributed by atoms with E-state index in [0.717, 1.165) is 42.5 Å². The van der Waals surface area contributed by atoms with Crippen molar-refractivity contribution in [3.63, 3.8) is 0 Å². The number of hydrogen-bond acceptors (Lipinski definition) is 11. The van der Waals surface area contributed by atoms with E-state index >= 15 is 0 Å². The predicted molar refractivity (Wildman–Crippen MR) is 128 cm³/mol. The number of carbonyl (C=O) groups is 2. The monoisotopic (exact) mass is 569 g/mol. The minimum Gasteiger partial charge on any atom is -0.398 e. The molecule has 0 heterocycles. The van der Waals surface area contributed by atoms with E-state index in [0.29, 0.717) is 0 Å². The van der Waals surface area contributed by atoms with Crippen LogP contribution in [0.5, 0.6) is 0 Å². The molecule has 0 atom stereocenters. The number of hydrogen-bond donors (Lipinski definition) is 6. The molecule has 0 bridgehead atoms. The van der Waals surface area contributed by atoms with Gasteiger partial charge in [0.15, 0.2) is 11.6 Å². The summed E-state index contributed by atoms with van der Waals surface area (Å²) < 4.78 is 98.0. The second-order valence-corrected chi connectivity index (χ2v) is 12.0. The summed E-state index contributed by atoms with van der Waals surface area (Å²) in [6.07, 6.45) is 0. The smallest absolute Gasteiger partial charge is 0.296 e. The average molecular weight is 570 g/mol. The van der Waals surface area contributed by atoms with Crippen molar-refractivity contribution in [2.75, 3.05) is 16.8 Å². The van der Waals surface area contributed by atoms with Crippen LogP contribution in [0, 0.1) is 0 Å². The number of benzene rings is 3. The summed E-state index contributed by atoms with van der Waals surface area (Å²) in [4.78, 5) is 24.4. The maximum Gasteiger partial charge on any atom is 0.296 e. The molecule has 0 unspecified atom stereocenters. The van der Waals surface area contributed by atoms with Gasteiger partial charge in [-0.05, 0) is 42.5 Å². The molecule has 3 aromatic rings. The van der Waals surface area contributed by atoms with E-state index in [1.807, 2.05) is 0 Å². The van der Waals surface area contributed by atoms with Crippen molar-refractivity contribution in [1.29, 1.82) is 0 Å².